The summed E-state index contributed by atoms with van der Waals surface area (Å²) in [4.78, 5) is 34.7. The third-order valence-electron chi connectivity index (χ3n) is 4.49. The molecule has 4 rings (SSSR count). The number of amides is 1. The van der Waals surface area contributed by atoms with Crippen LogP contribution in [0.4, 0.5) is 11.6 Å². The standard InChI is InChI=1S/C22H14N2O5/c25-13-15-8-4-5-9-17(15)21(26)23-16-10-11-19-18(12-16)20(22(29-19)24(27)28)14-6-2-1-3-7-14/h1-13H,(H,23,26). The maximum absolute atomic E-state index is 12.6. The van der Waals surface area contributed by atoms with Gasteiger partial charge in [0.2, 0.25) is 0 Å². The number of carbonyl (C=O) groups excluding carboxylic acids is 2. The molecule has 0 radical (unpaired) electrons. The third-order valence-corrected chi connectivity index (χ3v) is 4.49. The van der Waals surface area contributed by atoms with Crippen molar-refractivity contribution in [3.05, 3.63) is 94.0 Å². The van der Waals surface area contributed by atoms with E-state index in [0.717, 1.165) is 0 Å². The molecule has 1 heterocycles. The summed E-state index contributed by atoms with van der Waals surface area (Å²) in [6, 6.07) is 20.1. The van der Waals surface area contributed by atoms with Crippen LogP contribution in [0.1, 0.15) is 20.7 Å². The van der Waals surface area contributed by atoms with Gasteiger partial charge in [0.1, 0.15) is 16.1 Å². The number of anilines is 1. The first-order valence-electron chi connectivity index (χ1n) is 8.70. The number of aldehydes is 1. The molecule has 1 N–H and O–H groups in total. The number of rotatable bonds is 5. The summed E-state index contributed by atoms with van der Waals surface area (Å²) in [5.74, 6) is -0.813. The van der Waals surface area contributed by atoms with Crippen molar-refractivity contribution >= 4 is 34.7 Å². The van der Waals surface area contributed by atoms with Crippen LogP contribution >= 0.6 is 0 Å². The van der Waals surface area contributed by atoms with Gasteiger partial charge in [-0.15, -0.1) is 0 Å². The Labute approximate surface area is 164 Å². The molecule has 1 aromatic heterocycles. The zero-order valence-corrected chi connectivity index (χ0v) is 15.0. The van der Waals surface area contributed by atoms with Crippen molar-refractivity contribution in [2.75, 3.05) is 5.32 Å². The van der Waals surface area contributed by atoms with E-state index in [4.69, 9.17) is 4.42 Å². The molecule has 0 saturated carbocycles. The molecule has 0 unspecified atom stereocenters. The minimum absolute atomic E-state index is 0.240. The lowest BCUT2D eigenvalue weighted by Gasteiger charge is -2.07. The summed E-state index contributed by atoms with van der Waals surface area (Å²) in [5, 5.41) is 14.7. The fraction of sp³-hybridized carbons (Fsp3) is 0. The van der Waals surface area contributed by atoms with Gasteiger partial charge in [0, 0.05) is 16.6 Å². The minimum atomic E-state index is -0.569. The molecule has 29 heavy (non-hydrogen) atoms. The van der Waals surface area contributed by atoms with Crippen molar-refractivity contribution in [3.8, 4) is 11.1 Å². The second-order valence-corrected chi connectivity index (χ2v) is 6.28. The van der Waals surface area contributed by atoms with Crippen LogP contribution in [0.5, 0.6) is 0 Å². The van der Waals surface area contributed by atoms with Gasteiger partial charge in [0.05, 0.1) is 5.56 Å². The molecule has 7 heteroatoms. The van der Waals surface area contributed by atoms with Crippen LogP contribution < -0.4 is 5.32 Å². The Balaban J connectivity index is 1.79. The van der Waals surface area contributed by atoms with E-state index in [1.165, 1.54) is 0 Å². The van der Waals surface area contributed by atoms with Gasteiger partial charge >= 0.3 is 5.88 Å². The van der Waals surface area contributed by atoms with Gasteiger partial charge in [-0.05, 0) is 29.8 Å². The van der Waals surface area contributed by atoms with Crippen LogP contribution in [-0.4, -0.2) is 17.1 Å². The van der Waals surface area contributed by atoms with Crippen LogP contribution in [0.25, 0.3) is 22.1 Å². The predicted molar refractivity (Wildman–Crippen MR) is 108 cm³/mol. The number of nitro groups is 1. The lowest BCUT2D eigenvalue weighted by molar-refractivity contribution is -0.400. The number of benzene rings is 3. The van der Waals surface area contributed by atoms with Crippen molar-refractivity contribution in [2.24, 2.45) is 0 Å². The van der Waals surface area contributed by atoms with E-state index in [-0.39, 0.29) is 17.0 Å². The molecule has 0 aliphatic heterocycles. The first-order chi connectivity index (χ1) is 14.1. The van der Waals surface area contributed by atoms with E-state index in [1.54, 1.807) is 66.7 Å². The van der Waals surface area contributed by atoms with Gasteiger partial charge in [0.15, 0.2) is 6.29 Å². The molecule has 1 amide bonds. The second kappa shape index (κ2) is 7.40. The maximum atomic E-state index is 12.6. The van der Waals surface area contributed by atoms with Crippen LogP contribution in [0.3, 0.4) is 0 Å². The summed E-state index contributed by atoms with van der Waals surface area (Å²) in [6.07, 6.45) is 0.616. The molecular weight excluding hydrogens is 372 g/mol. The number of fused-ring (bicyclic) bond motifs is 1. The summed E-state index contributed by atoms with van der Waals surface area (Å²) >= 11 is 0. The van der Waals surface area contributed by atoms with Gasteiger partial charge in [-0.2, -0.15) is 0 Å². The molecule has 0 spiro atoms. The first kappa shape index (κ1) is 18.1. The van der Waals surface area contributed by atoms with Gasteiger partial charge in [-0.25, -0.2) is 0 Å². The number of furan rings is 1. The normalized spacial score (nSPS) is 10.6. The van der Waals surface area contributed by atoms with Crippen LogP contribution in [-0.2, 0) is 0 Å². The Morgan fingerprint density at radius 1 is 1.00 bits per heavy atom. The molecule has 0 aliphatic rings. The highest BCUT2D eigenvalue weighted by molar-refractivity contribution is 6.10. The number of nitrogens with zero attached hydrogens (tertiary/aromatic N) is 1. The largest absolute Gasteiger partial charge is 0.442 e. The number of nitrogens with one attached hydrogen (secondary N) is 1. The van der Waals surface area contributed by atoms with E-state index in [1.807, 2.05) is 6.07 Å². The fourth-order valence-electron chi connectivity index (χ4n) is 3.18. The summed E-state index contributed by atoms with van der Waals surface area (Å²) in [6.45, 7) is 0. The molecular formula is C22H14N2O5. The summed E-state index contributed by atoms with van der Waals surface area (Å²) in [7, 11) is 0. The molecule has 142 valence electrons. The van der Waals surface area contributed by atoms with E-state index >= 15 is 0 Å². The maximum Gasteiger partial charge on any atom is 0.442 e. The van der Waals surface area contributed by atoms with E-state index in [9.17, 15) is 19.7 Å². The average Bonchev–Trinajstić information content (AvgIpc) is 3.13. The van der Waals surface area contributed by atoms with Crippen LogP contribution in [0.15, 0.2) is 77.2 Å². The SMILES string of the molecule is O=Cc1ccccc1C(=O)Nc1ccc2oc([N+](=O)[O-])c(-c3ccccc3)c2c1. The van der Waals surface area contributed by atoms with E-state index < -0.39 is 10.8 Å². The zero-order chi connectivity index (χ0) is 20.4. The topological polar surface area (TPSA) is 102 Å². The highest BCUT2D eigenvalue weighted by atomic mass is 16.6. The van der Waals surface area contributed by atoms with Crippen molar-refractivity contribution in [2.45, 2.75) is 0 Å². The van der Waals surface area contributed by atoms with Crippen LogP contribution in [0, 0.1) is 10.1 Å². The molecule has 0 bridgehead atoms. The third kappa shape index (κ3) is 3.37. The monoisotopic (exact) mass is 386 g/mol. The number of hydrogen-bond donors (Lipinski definition) is 1. The van der Waals surface area contributed by atoms with E-state index in [2.05, 4.69) is 5.32 Å². The Morgan fingerprint density at radius 2 is 1.72 bits per heavy atom. The van der Waals surface area contributed by atoms with Gasteiger partial charge < -0.3 is 9.73 Å². The van der Waals surface area contributed by atoms with Crippen molar-refractivity contribution in [3.63, 3.8) is 0 Å². The zero-order valence-electron chi connectivity index (χ0n) is 15.0. The Hall–Kier alpha value is -4.26. The predicted octanol–water partition coefficient (Wildman–Crippen LogP) is 5.07. The van der Waals surface area contributed by atoms with Crippen molar-refractivity contribution in [1.29, 1.82) is 0 Å². The van der Waals surface area contributed by atoms with E-state index in [0.29, 0.717) is 34.1 Å². The van der Waals surface area contributed by atoms with Gasteiger partial charge in [-0.1, -0.05) is 48.5 Å². The lowest BCUT2D eigenvalue weighted by Crippen LogP contribution is -2.13. The number of carbonyl (C=O) groups is 2. The average molecular weight is 386 g/mol. The quantitative estimate of drug-likeness (QED) is 0.293. The fourth-order valence-corrected chi connectivity index (χ4v) is 3.18. The van der Waals surface area contributed by atoms with Crippen molar-refractivity contribution < 1.29 is 18.9 Å². The molecule has 3 aromatic carbocycles. The van der Waals surface area contributed by atoms with Gasteiger partial charge in [0.25, 0.3) is 5.91 Å². The van der Waals surface area contributed by atoms with Crippen molar-refractivity contribution in [1.82, 2.24) is 0 Å². The molecule has 0 saturated heterocycles. The lowest BCUT2D eigenvalue weighted by atomic mass is 10.0. The first-order valence-corrected chi connectivity index (χ1v) is 8.70. The summed E-state index contributed by atoms with van der Waals surface area (Å²) < 4.78 is 5.44. The van der Waals surface area contributed by atoms with Gasteiger partial charge in [-0.3, -0.25) is 19.7 Å². The highest BCUT2D eigenvalue weighted by Gasteiger charge is 2.25. The Morgan fingerprint density at radius 3 is 2.45 bits per heavy atom. The van der Waals surface area contributed by atoms with Crippen LogP contribution in [0.2, 0.25) is 0 Å². The highest BCUT2D eigenvalue weighted by Crippen LogP contribution is 2.40. The molecule has 7 nitrogen and oxygen atoms in total. The minimum Gasteiger partial charge on any atom is -0.400 e. The Kier molecular flexibility index (Phi) is 4.62. The number of hydrogen-bond acceptors (Lipinski definition) is 5. The second-order valence-electron chi connectivity index (χ2n) is 6.28. The summed E-state index contributed by atoms with van der Waals surface area (Å²) in [5.41, 5.74) is 2.25. The molecule has 0 aliphatic carbocycles. The smallest absolute Gasteiger partial charge is 0.400 e. The molecule has 0 fully saturated rings. The Bertz CT molecular complexity index is 1240. The molecule has 0 atom stereocenters. The molecule has 4 aromatic rings.